The van der Waals surface area contributed by atoms with Crippen molar-refractivity contribution < 1.29 is 4.74 Å². The van der Waals surface area contributed by atoms with Crippen molar-refractivity contribution in [2.45, 2.75) is 31.9 Å². The zero-order valence-corrected chi connectivity index (χ0v) is 11.2. The van der Waals surface area contributed by atoms with Crippen LogP contribution in [-0.4, -0.2) is 40.8 Å². The summed E-state index contributed by atoms with van der Waals surface area (Å²) in [5.74, 6) is 0. The van der Waals surface area contributed by atoms with Gasteiger partial charge in [0.15, 0.2) is 0 Å². The lowest BCUT2D eigenvalue weighted by Gasteiger charge is -2.15. The van der Waals surface area contributed by atoms with E-state index in [1.165, 1.54) is 12.8 Å². The lowest BCUT2D eigenvalue weighted by atomic mass is 10.2. The first-order valence-electron chi connectivity index (χ1n) is 6.97. The summed E-state index contributed by atoms with van der Waals surface area (Å²) in [6.45, 7) is 4.88. The fourth-order valence-corrected chi connectivity index (χ4v) is 2.56. The van der Waals surface area contributed by atoms with Crippen molar-refractivity contribution in [3.05, 3.63) is 24.3 Å². The van der Waals surface area contributed by atoms with Gasteiger partial charge in [0.25, 0.3) is 0 Å². The molecule has 0 radical (unpaired) electrons. The molecule has 1 aliphatic rings. The van der Waals surface area contributed by atoms with Crippen LogP contribution in [0.15, 0.2) is 24.3 Å². The van der Waals surface area contributed by atoms with Crippen molar-refractivity contribution in [1.82, 2.24) is 20.3 Å². The van der Waals surface area contributed by atoms with E-state index in [-0.39, 0.29) is 6.04 Å². The Kier molecular flexibility index (Phi) is 3.75. The zero-order chi connectivity index (χ0) is 13.1. The fraction of sp³-hybridized carbons (Fsp3) is 0.571. The van der Waals surface area contributed by atoms with Gasteiger partial charge in [-0.3, -0.25) is 0 Å². The molecule has 1 aliphatic heterocycles. The predicted octanol–water partition coefficient (Wildman–Crippen LogP) is 1.76. The summed E-state index contributed by atoms with van der Waals surface area (Å²) in [7, 11) is 0. The normalized spacial score (nSPS) is 21.0. The number of aromatic nitrogens is 3. The van der Waals surface area contributed by atoms with Crippen LogP contribution in [0.1, 0.15) is 25.8 Å². The predicted molar refractivity (Wildman–Crippen MR) is 74.1 cm³/mol. The molecule has 0 amide bonds. The quantitative estimate of drug-likeness (QED) is 0.890. The molecule has 2 heterocycles. The SMILES string of the molecule is CC(CNCC1CCCO1)n1nnc2ccccc21. The number of para-hydroxylation sites is 1. The van der Waals surface area contributed by atoms with Crippen LogP contribution >= 0.6 is 0 Å². The molecule has 1 fully saturated rings. The van der Waals surface area contributed by atoms with Gasteiger partial charge in [0.2, 0.25) is 0 Å². The Morgan fingerprint density at radius 3 is 3.21 bits per heavy atom. The Morgan fingerprint density at radius 1 is 1.47 bits per heavy atom. The van der Waals surface area contributed by atoms with E-state index < -0.39 is 0 Å². The van der Waals surface area contributed by atoms with Crippen molar-refractivity contribution in [1.29, 1.82) is 0 Å². The van der Waals surface area contributed by atoms with Crippen molar-refractivity contribution in [3.8, 4) is 0 Å². The van der Waals surface area contributed by atoms with Gasteiger partial charge in [0.05, 0.1) is 17.7 Å². The Bertz CT molecular complexity index is 533. The molecule has 3 rings (SSSR count). The standard InChI is InChI=1S/C14H20N4O/c1-11(9-15-10-12-5-4-8-19-12)18-14-7-3-2-6-13(14)16-17-18/h2-3,6-7,11-12,15H,4-5,8-10H2,1H3. The van der Waals surface area contributed by atoms with E-state index >= 15 is 0 Å². The van der Waals surface area contributed by atoms with Crippen LogP contribution in [-0.2, 0) is 4.74 Å². The van der Waals surface area contributed by atoms with Gasteiger partial charge in [-0.15, -0.1) is 5.10 Å². The molecular formula is C14H20N4O. The van der Waals surface area contributed by atoms with Crippen molar-refractivity contribution >= 4 is 11.0 Å². The average molecular weight is 260 g/mol. The lowest BCUT2D eigenvalue weighted by molar-refractivity contribution is 0.109. The fourth-order valence-electron chi connectivity index (χ4n) is 2.56. The highest BCUT2D eigenvalue weighted by atomic mass is 16.5. The van der Waals surface area contributed by atoms with Gasteiger partial charge in [0.1, 0.15) is 5.52 Å². The number of rotatable bonds is 5. The molecule has 0 saturated carbocycles. The van der Waals surface area contributed by atoms with E-state index in [4.69, 9.17) is 4.74 Å². The molecule has 0 aliphatic carbocycles. The minimum atomic E-state index is 0.286. The van der Waals surface area contributed by atoms with E-state index in [0.717, 1.165) is 30.7 Å². The van der Waals surface area contributed by atoms with Crippen LogP contribution in [0.3, 0.4) is 0 Å². The maximum atomic E-state index is 5.60. The Hall–Kier alpha value is -1.46. The topological polar surface area (TPSA) is 52.0 Å². The van der Waals surface area contributed by atoms with E-state index in [2.05, 4.69) is 28.6 Å². The highest BCUT2D eigenvalue weighted by molar-refractivity contribution is 5.73. The van der Waals surface area contributed by atoms with Crippen LogP contribution in [0.5, 0.6) is 0 Å². The zero-order valence-electron chi connectivity index (χ0n) is 11.2. The molecule has 1 N–H and O–H groups in total. The van der Waals surface area contributed by atoms with Crippen LogP contribution in [0.4, 0.5) is 0 Å². The molecule has 1 aromatic carbocycles. The summed E-state index contributed by atoms with van der Waals surface area (Å²) < 4.78 is 7.58. The number of fused-ring (bicyclic) bond motifs is 1. The monoisotopic (exact) mass is 260 g/mol. The lowest BCUT2D eigenvalue weighted by Crippen LogP contribution is -2.31. The molecule has 2 aromatic rings. The molecule has 0 spiro atoms. The van der Waals surface area contributed by atoms with Crippen LogP contribution < -0.4 is 5.32 Å². The van der Waals surface area contributed by atoms with E-state index in [9.17, 15) is 0 Å². The molecule has 1 saturated heterocycles. The van der Waals surface area contributed by atoms with Crippen LogP contribution in [0.2, 0.25) is 0 Å². The maximum absolute atomic E-state index is 5.60. The molecule has 1 aromatic heterocycles. The summed E-state index contributed by atoms with van der Waals surface area (Å²) in [5.41, 5.74) is 2.04. The molecule has 2 atom stereocenters. The summed E-state index contributed by atoms with van der Waals surface area (Å²) in [5, 5.41) is 11.9. The van der Waals surface area contributed by atoms with Crippen molar-refractivity contribution in [2.24, 2.45) is 0 Å². The third kappa shape index (κ3) is 2.77. The third-order valence-electron chi connectivity index (χ3n) is 3.63. The number of hydrogen-bond donors (Lipinski definition) is 1. The van der Waals surface area contributed by atoms with Crippen molar-refractivity contribution in [2.75, 3.05) is 19.7 Å². The number of ether oxygens (including phenoxy) is 1. The second-order valence-electron chi connectivity index (χ2n) is 5.17. The summed E-state index contributed by atoms with van der Waals surface area (Å²) in [6.07, 6.45) is 2.75. The first kappa shape index (κ1) is 12.6. The number of benzene rings is 1. The van der Waals surface area contributed by atoms with Gasteiger partial charge in [-0.1, -0.05) is 17.3 Å². The van der Waals surface area contributed by atoms with E-state index in [1.807, 2.05) is 22.9 Å². The highest BCUT2D eigenvalue weighted by Crippen LogP contribution is 2.15. The third-order valence-corrected chi connectivity index (χ3v) is 3.63. The maximum Gasteiger partial charge on any atom is 0.113 e. The Morgan fingerprint density at radius 2 is 2.37 bits per heavy atom. The molecule has 2 unspecified atom stereocenters. The van der Waals surface area contributed by atoms with Gasteiger partial charge in [-0.25, -0.2) is 4.68 Å². The van der Waals surface area contributed by atoms with Gasteiger partial charge < -0.3 is 10.1 Å². The second kappa shape index (κ2) is 5.67. The van der Waals surface area contributed by atoms with Crippen LogP contribution in [0.25, 0.3) is 11.0 Å². The molecule has 0 bridgehead atoms. The Labute approximate surface area is 112 Å². The van der Waals surface area contributed by atoms with Gasteiger partial charge >= 0.3 is 0 Å². The minimum absolute atomic E-state index is 0.286. The number of nitrogens with zero attached hydrogens (tertiary/aromatic N) is 3. The molecular weight excluding hydrogens is 240 g/mol. The van der Waals surface area contributed by atoms with E-state index in [0.29, 0.717) is 6.10 Å². The van der Waals surface area contributed by atoms with E-state index in [1.54, 1.807) is 0 Å². The second-order valence-corrected chi connectivity index (χ2v) is 5.17. The van der Waals surface area contributed by atoms with Gasteiger partial charge in [0, 0.05) is 19.7 Å². The minimum Gasteiger partial charge on any atom is -0.377 e. The summed E-state index contributed by atoms with van der Waals surface area (Å²) in [4.78, 5) is 0. The molecule has 5 heteroatoms. The molecule has 102 valence electrons. The first-order valence-corrected chi connectivity index (χ1v) is 6.97. The van der Waals surface area contributed by atoms with Crippen molar-refractivity contribution in [3.63, 3.8) is 0 Å². The largest absolute Gasteiger partial charge is 0.377 e. The van der Waals surface area contributed by atoms with Gasteiger partial charge in [-0.2, -0.15) is 0 Å². The average Bonchev–Trinajstić information content (AvgIpc) is 3.07. The molecule has 5 nitrogen and oxygen atoms in total. The molecule has 19 heavy (non-hydrogen) atoms. The number of nitrogens with one attached hydrogen (secondary N) is 1. The van der Waals surface area contributed by atoms with Crippen LogP contribution in [0, 0.1) is 0 Å². The first-order chi connectivity index (χ1) is 9.34. The smallest absolute Gasteiger partial charge is 0.113 e. The number of hydrogen-bond acceptors (Lipinski definition) is 4. The Balaban J connectivity index is 1.58. The summed E-state index contributed by atoms with van der Waals surface area (Å²) in [6, 6.07) is 8.35. The summed E-state index contributed by atoms with van der Waals surface area (Å²) >= 11 is 0. The van der Waals surface area contributed by atoms with Gasteiger partial charge in [-0.05, 0) is 31.9 Å². The highest BCUT2D eigenvalue weighted by Gasteiger charge is 2.16.